The Morgan fingerprint density at radius 3 is 2.79 bits per heavy atom. The molecule has 0 unspecified atom stereocenters. The first-order valence-corrected chi connectivity index (χ1v) is 11.0. The standard InChI is InChI=1S/C21H19N3O2S2.ClH/c1-11-10-16(24-26-11)23-20(25)17-12(2)22-21-18(19(17)15-8-5-9-27-15)13-6-3-4-7-14(13)28-21;/h5,8-10H,3-4,6-7H2,1-2H3,(H,23,24,25);1H. The fourth-order valence-electron chi connectivity index (χ4n) is 3.95. The summed E-state index contributed by atoms with van der Waals surface area (Å²) < 4.78 is 5.09. The smallest absolute Gasteiger partial charge is 0.259 e. The van der Waals surface area contributed by atoms with Gasteiger partial charge in [0.2, 0.25) is 0 Å². The molecular formula is C21H20ClN3O2S2. The fraction of sp³-hybridized carbons (Fsp3) is 0.286. The van der Waals surface area contributed by atoms with Gasteiger partial charge in [0.15, 0.2) is 5.82 Å². The van der Waals surface area contributed by atoms with Gasteiger partial charge in [0.05, 0.1) is 11.3 Å². The average Bonchev–Trinajstić information content (AvgIpc) is 3.40. The highest BCUT2D eigenvalue weighted by molar-refractivity contribution is 7.19. The summed E-state index contributed by atoms with van der Waals surface area (Å²) in [6.07, 6.45) is 4.59. The van der Waals surface area contributed by atoms with E-state index in [9.17, 15) is 4.79 Å². The molecule has 0 spiro atoms. The van der Waals surface area contributed by atoms with E-state index in [0.717, 1.165) is 39.2 Å². The number of halogens is 1. The zero-order valence-corrected chi connectivity index (χ0v) is 18.5. The zero-order chi connectivity index (χ0) is 19.3. The highest BCUT2D eigenvalue weighted by Crippen LogP contribution is 2.44. The molecule has 0 fully saturated rings. The number of carbonyl (C=O) groups excluding carboxylic acids is 1. The molecule has 1 aliphatic rings. The topological polar surface area (TPSA) is 68.0 Å². The number of pyridine rings is 1. The van der Waals surface area contributed by atoms with Gasteiger partial charge in [-0.3, -0.25) is 4.79 Å². The lowest BCUT2D eigenvalue weighted by Gasteiger charge is -2.15. The first kappa shape index (κ1) is 20.1. The van der Waals surface area contributed by atoms with Crippen LogP contribution < -0.4 is 5.32 Å². The number of aromatic nitrogens is 2. The van der Waals surface area contributed by atoms with Crippen molar-refractivity contribution in [3.63, 3.8) is 0 Å². The van der Waals surface area contributed by atoms with Gasteiger partial charge < -0.3 is 9.84 Å². The van der Waals surface area contributed by atoms with Gasteiger partial charge in [0, 0.05) is 26.8 Å². The van der Waals surface area contributed by atoms with E-state index in [1.165, 1.54) is 23.3 Å². The van der Waals surface area contributed by atoms with Crippen LogP contribution in [0, 0.1) is 13.8 Å². The Morgan fingerprint density at radius 1 is 1.24 bits per heavy atom. The Kier molecular flexibility index (Phi) is 5.46. The fourth-order valence-corrected chi connectivity index (χ4v) is 6.05. The maximum Gasteiger partial charge on any atom is 0.259 e. The van der Waals surface area contributed by atoms with E-state index in [4.69, 9.17) is 9.51 Å². The van der Waals surface area contributed by atoms with Crippen LogP contribution in [0.1, 0.15) is 45.1 Å². The summed E-state index contributed by atoms with van der Waals surface area (Å²) in [4.78, 5) is 21.7. The quantitative estimate of drug-likeness (QED) is 0.408. The van der Waals surface area contributed by atoms with Gasteiger partial charge in [-0.15, -0.1) is 35.1 Å². The molecule has 4 aromatic heterocycles. The van der Waals surface area contributed by atoms with Crippen molar-refractivity contribution in [3.8, 4) is 10.4 Å². The van der Waals surface area contributed by atoms with Crippen LogP contribution in [0.3, 0.4) is 0 Å². The minimum absolute atomic E-state index is 0. The van der Waals surface area contributed by atoms with Crippen molar-refractivity contribution in [1.29, 1.82) is 0 Å². The zero-order valence-electron chi connectivity index (χ0n) is 16.1. The van der Waals surface area contributed by atoms with E-state index in [0.29, 0.717) is 17.1 Å². The van der Waals surface area contributed by atoms with Crippen molar-refractivity contribution in [2.24, 2.45) is 0 Å². The summed E-state index contributed by atoms with van der Waals surface area (Å²) in [5, 5.41) is 10.0. The molecule has 8 heteroatoms. The number of hydrogen-bond donors (Lipinski definition) is 1. The van der Waals surface area contributed by atoms with Crippen molar-refractivity contribution < 1.29 is 9.32 Å². The molecule has 150 valence electrons. The Hall–Kier alpha value is -2.22. The second kappa shape index (κ2) is 7.89. The van der Waals surface area contributed by atoms with Crippen LogP contribution in [-0.4, -0.2) is 16.0 Å². The van der Waals surface area contributed by atoms with E-state index in [1.807, 2.05) is 13.0 Å². The van der Waals surface area contributed by atoms with Gasteiger partial charge in [0.25, 0.3) is 5.91 Å². The van der Waals surface area contributed by atoms with Crippen molar-refractivity contribution >= 4 is 57.0 Å². The van der Waals surface area contributed by atoms with Crippen LogP contribution in [0.2, 0.25) is 0 Å². The van der Waals surface area contributed by atoms with Crippen molar-refractivity contribution in [3.05, 3.63) is 51.0 Å². The summed E-state index contributed by atoms with van der Waals surface area (Å²) >= 11 is 3.45. The summed E-state index contributed by atoms with van der Waals surface area (Å²) in [5.41, 5.74) is 3.76. The van der Waals surface area contributed by atoms with Gasteiger partial charge in [-0.1, -0.05) is 11.2 Å². The Bertz CT molecular complexity index is 1190. The predicted octanol–water partition coefficient (Wildman–Crippen LogP) is 6.18. The number of hydrogen-bond acceptors (Lipinski definition) is 6. The summed E-state index contributed by atoms with van der Waals surface area (Å²) in [7, 11) is 0. The summed E-state index contributed by atoms with van der Waals surface area (Å²) in [6.45, 7) is 3.72. The summed E-state index contributed by atoms with van der Waals surface area (Å²) in [5.74, 6) is 0.886. The number of amides is 1. The number of nitrogens with one attached hydrogen (secondary N) is 1. The maximum atomic E-state index is 13.3. The number of aryl methyl sites for hydroxylation is 4. The second-order valence-electron chi connectivity index (χ2n) is 7.09. The third kappa shape index (κ3) is 3.47. The molecule has 1 N–H and O–H groups in total. The monoisotopic (exact) mass is 445 g/mol. The number of fused-ring (bicyclic) bond motifs is 3. The van der Waals surface area contributed by atoms with Gasteiger partial charge in [-0.05, 0) is 56.5 Å². The summed E-state index contributed by atoms with van der Waals surface area (Å²) in [6, 6.07) is 5.84. The van der Waals surface area contributed by atoms with E-state index < -0.39 is 0 Å². The molecule has 0 aliphatic heterocycles. The number of carbonyl (C=O) groups is 1. The molecular weight excluding hydrogens is 426 g/mol. The van der Waals surface area contributed by atoms with Crippen LogP contribution in [0.15, 0.2) is 28.1 Å². The minimum atomic E-state index is -0.195. The normalized spacial score (nSPS) is 13.2. The van der Waals surface area contributed by atoms with Crippen molar-refractivity contribution in [1.82, 2.24) is 10.1 Å². The SMILES string of the molecule is Cc1cc(NC(=O)c2c(C)nc3sc4c(c3c2-c2cccs2)CCCC4)no1.Cl. The van der Waals surface area contributed by atoms with Crippen molar-refractivity contribution in [2.75, 3.05) is 5.32 Å². The molecule has 0 aromatic carbocycles. The Balaban J connectivity index is 0.00000205. The Labute approximate surface area is 182 Å². The van der Waals surface area contributed by atoms with Gasteiger partial charge >= 0.3 is 0 Å². The number of thiophene rings is 2. The third-order valence-corrected chi connectivity index (χ3v) is 7.22. The van der Waals surface area contributed by atoms with E-state index in [-0.39, 0.29) is 18.3 Å². The first-order valence-electron chi connectivity index (χ1n) is 9.35. The minimum Gasteiger partial charge on any atom is -0.360 e. The first-order chi connectivity index (χ1) is 13.6. The van der Waals surface area contributed by atoms with E-state index >= 15 is 0 Å². The molecule has 1 aliphatic carbocycles. The van der Waals surface area contributed by atoms with Gasteiger partial charge in [-0.25, -0.2) is 4.98 Å². The molecule has 5 nitrogen and oxygen atoms in total. The van der Waals surface area contributed by atoms with Crippen LogP contribution in [-0.2, 0) is 12.8 Å². The second-order valence-corrected chi connectivity index (χ2v) is 9.12. The third-order valence-electron chi connectivity index (χ3n) is 5.15. The number of nitrogens with zero attached hydrogens (tertiary/aromatic N) is 2. The van der Waals surface area contributed by atoms with Gasteiger partial charge in [-0.2, -0.15) is 0 Å². The van der Waals surface area contributed by atoms with Crippen LogP contribution >= 0.6 is 35.1 Å². The molecule has 5 rings (SSSR count). The predicted molar refractivity (Wildman–Crippen MR) is 121 cm³/mol. The highest BCUT2D eigenvalue weighted by atomic mass is 35.5. The number of anilines is 1. The maximum absolute atomic E-state index is 13.3. The molecule has 4 aromatic rings. The van der Waals surface area contributed by atoms with Crippen LogP contribution in [0.5, 0.6) is 0 Å². The van der Waals surface area contributed by atoms with Gasteiger partial charge in [0.1, 0.15) is 10.6 Å². The molecule has 0 saturated heterocycles. The average molecular weight is 446 g/mol. The lowest BCUT2D eigenvalue weighted by atomic mass is 9.92. The molecule has 0 saturated carbocycles. The van der Waals surface area contributed by atoms with E-state index in [1.54, 1.807) is 35.7 Å². The lowest BCUT2D eigenvalue weighted by molar-refractivity contribution is 0.102. The molecule has 0 radical (unpaired) electrons. The van der Waals surface area contributed by atoms with E-state index in [2.05, 4.69) is 21.9 Å². The molecule has 29 heavy (non-hydrogen) atoms. The highest BCUT2D eigenvalue weighted by Gasteiger charge is 2.27. The molecule has 4 heterocycles. The molecule has 1 amide bonds. The van der Waals surface area contributed by atoms with Crippen LogP contribution in [0.25, 0.3) is 20.7 Å². The number of rotatable bonds is 3. The Morgan fingerprint density at radius 2 is 2.07 bits per heavy atom. The largest absolute Gasteiger partial charge is 0.360 e. The van der Waals surface area contributed by atoms with Crippen LogP contribution in [0.4, 0.5) is 5.82 Å². The van der Waals surface area contributed by atoms with Crippen molar-refractivity contribution in [2.45, 2.75) is 39.5 Å². The lowest BCUT2D eigenvalue weighted by Crippen LogP contribution is -2.16. The molecule has 0 bridgehead atoms. The molecule has 0 atom stereocenters.